The Balaban J connectivity index is 2.05. The zero-order valence-electron chi connectivity index (χ0n) is 11.2. The van der Waals surface area contributed by atoms with Gasteiger partial charge in [-0.1, -0.05) is 6.07 Å². The highest BCUT2D eigenvalue weighted by Crippen LogP contribution is 2.21. The number of methoxy groups -OCH3 is 1. The van der Waals surface area contributed by atoms with Crippen LogP contribution in [0.15, 0.2) is 42.5 Å². The number of anilines is 2. The van der Waals surface area contributed by atoms with Gasteiger partial charge < -0.3 is 15.4 Å². The lowest BCUT2D eigenvalue weighted by molar-refractivity contribution is 0.262. The van der Waals surface area contributed by atoms with Gasteiger partial charge in [-0.05, 0) is 48.9 Å². The summed E-state index contributed by atoms with van der Waals surface area (Å²) in [7, 11) is 1.58. The minimum absolute atomic E-state index is 0.397. The second-order valence-corrected chi connectivity index (χ2v) is 4.27. The highest BCUT2D eigenvalue weighted by molar-refractivity contribution is 6.00. The number of hydrogen-bond acceptors (Lipinski definition) is 2. The van der Waals surface area contributed by atoms with E-state index in [0.29, 0.717) is 11.4 Å². The number of halogens is 1. The first-order valence-corrected chi connectivity index (χ1v) is 6.06. The summed E-state index contributed by atoms with van der Waals surface area (Å²) in [6, 6.07) is 10.6. The first kappa shape index (κ1) is 13.9. The van der Waals surface area contributed by atoms with Crippen molar-refractivity contribution >= 4 is 17.4 Å². The lowest BCUT2D eigenvalue weighted by Gasteiger charge is -2.11. The van der Waals surface area contributed by atoms with Gasteiger partial charge >= 0.3 is 6.03 Å². The van der Waals surface area contributed by atoms with E-state index in [4.69, 9.17) is 4.74 Å². The lowest BCUT2D eigenvalue weighted by atomic mass is 10.2. The summed E-state index contributed by atoms with van der Waals surface area (Å²) in [5.74, 6) is 0.321. The van der Waals surface area contributed by atoms with Gasteiger partial charge in [-0.2, -0.15) is 0 Å². The Bertz CT molecular complexity index is 629. The maximum atomic E-state index is 13.0. The summed E-state index contributed by atoms with van der Waals surface area (Å²) in [5, 5.41) is 5.27. The molecule has 2 aromatic rings. The Morgan fingerprint density at radius 3 is 2.60 bits per heavy atom. The van der Waals surface area contributed by atoms with Crippen LogP contribution in [0.1, 0.15) is 5.56 Å². The first-order valence-electron chi connectivity index (χ1n) is 6.06. The third kappa shape index (κ3) is 3.47. The topological polar surface area (TPSA) is 50.4 Å². The summed E-state index contributed by atoms with van der Waals surface area (Å²) in [4.78, 5) is 11.8. The molecule has 0 aliphatic rings. The van der Waals surface area contributed by atoms with Crippen molar-refractivity contribution in [2.75, 3.05) is 17.7 Å². The van der Waals surface area contributed by atoms with E-state index in [1.807, 2.05) is 13.0 Å². The van der Waals surface area contributed by atoms with Gasteiger partial charge in [-0.3, -0.25) is 0 Å². The molecule has 0 radical (unpaired) electrons. The standard InChI is InChI=1S/C15H15FN2O2/c1-10-8-13(20-2)6-7-14(10)18-15(19)17-12-5-3-4-11(16)9-12/h3-9H,1-2H3,(H2,17,18,19). The number of aryl methyl sites for hydroxylation is 1. The normalized spacial score (nSPS) is 9.95. The summed E-state index contributed by atoms with van der Waals surface area (Å²) in [6.45, 7) is 1.86. The quantitative estimate of drug-likeness (QED) is 0.894. The van der Waals surface area contributed by atoms with Crippen molar-refractivity contribution in [3.63, 3.8) is 0 Å². The van der Waals surface area contributed by atoms with Crippen LogP contribution in [0.3, 0.4) is 0 Å². The second-order valence-electron chi connectivity index (χ2n) is 4.27. The zero-order chi connectivity index (χ0) is 14.5. The third-order valence-electron chi connectivity index (χ3n) is 2.76. The maximum Gasteiger partial charge on any atom is 0.323 e. The Morgan fingerprint density at radius 2 is 1.95 bits per heavy atom. The van der Waals surface area contributed by atoms with Crippen molar-refractivity contribution < 1.29 is 13.9 Å². The number of amides is 2. The van der Waals surface area contributed by atoms with E-state index in [9.17, 15) is 9.18 Å². The molecule has 0 atom stereocenters. The summed E-state index contributed by atoms with van der Waals surface area (Å²) in [6.07, 6.45) is 0. The van der Waals surface area contributed by atoms with Crippen molar-refractivity contribution in [2.45, 2.75) is 6.92 Å². The highest BCUT2D eigenvalue weighted by Gasteiger charge is 2.06. The number of benzene rings is 2. The Hall–Kier alpha value is -2.56. The highest BCUT2D eigenvalue weighted by atomic mass is 19.1. The molecule has 0 aromatic heterocycles. The van der Waals surface area contributed by atoms with Crippen molar-refractivity contribution in [3.8, 4) is 5.75 Å². The number of carbonyl (C=O) groups excluding carboxylic acids is 1. The van der Waals surface area contributed by atoms with Crippen LogP contribution in [0.25, 0.3) is 0 Å². The van der Waals surface area contributed by atoms with Crippen molar-refractivity contribution in [2.24, 2.45) is 0 Å². The van der Waals surface area contributed by atoms with Gasteiger partial charge in [-0.25, -0.2) is 9.18 Å². The van der Waals surface area contributed by atoms with Crippen molar-refractivity contribution in [1.82, 2.24) is 0 Å². The largest absolute Gasteiger partial charge is 0.497 e. The van der Waals surface area contributed by atoms with Crippen LogP contribution in [-0.4, -0.2) is 13.1 Å². The molecule has 104 valence electrons. The molecule has 2 N–H and O–H groups in total. The van der Waals surface area contributed by atoms with Crippen LogP contribution < -0.4 is 15.4 Å². The number of nitrogens with one attached hydrogen (secondary N) is 2. The fraction of sp³-hybridized carbons (Fsp3) is 0.133. The number of rotatable bonds is 3. The molecule has 2 aromatic carbocycles. The summed E-state index contributed by atoms with van der Waals surface area (Å²) < 4.78 is 18.1. The Kier molecular flexibility index (Phi) is 4.20. The van der Waals surface area contributed by atoms with Crippen LogP contribution in [-0.2, 0) is 0 Å². The number of carbonyl (C=O) groups is 1. The summed E-state index contributed by atoms with van der Waals surface area (Å²) in [5.41, 5.74) is 1.94. The maximum absolute atomic E-state index is 13.0. The van der Waals surface area contributed by atoms with Crippen LogP contribution in [0.5, 0.6) is 5.75 Å². The molecule has 0 aliphatic carbocycles. The monoisotopic (exact) mass is 274 g/mol. The minimum Gasteiger partial charge on any atom is -0.497 e. The molecule has 4 nitrogen and oxygen atoms in total. The minimum atomic E-state index is -0.427. The molecule has 5 heteroatoms. The lowest BCUT2D eigenvalue weighted by Crippen LogP contribution is -2.20. The Morgan fingerprint density at radius 1 is 1.15 bits per heavy atom. The van der Waals surface area contributed by atoms with E-state index in [1.54, 1.807) is 25.3 Å². The van der Waals surface area contributed by atoms with E-state index in [2.05, 4.69) is 10.6 Å². The molecule has 2 rings (SSSR count). The van der Waals surface area contributed by atoms with Crippen LogP contribution in [0.4, 0.5) is 20.6 Å². The molecule has 0 spiro atoms. The summed E-state index contributed by atoms with van der Waals surface area (Å²) >= 11 is 0. The van der Waals surface area contributed by atoms with Crippen LogP contribution in [0, 0.1) is 12.7 Å². The molecule has 0 aliphatic heterocycles. The predicted molar refractivity (Wildman–Crippen MR) is 76.8 cm³/mol. The van der Waals surface area contributed by atoms with Gasteiger partial charge in [0.15, 0.2) is 0 Å². The Labute approximate surface area is 116 Å². The molecule has 0 saturated carbocycles. The molecule has 0 saturated heterocycles. The van der Waals surface area contributed by atoms with Crippen molar-refractivity contribution in [1.29, 1.82) is 0 Å². The average molecular weight is 274 g/mol. The molecule has 2 amide bonds. The number of hydrogen-bond donors (Lipinski definition) is 2. The van der Waals surface area contributed by atoms with Gasteiger partial charge in [-0.15, -0.1) is 0 Å². The average Bonchev–Trinajstić information content (AvgIpc) is 2.41. The molecule has 0 unspecified atom stereocenters. The smallest absolute Gasteiger partial charge is 0.323 e. The van der Waals surface area contributed by atoms with E-state index < -0.39 is 11.8 Å². The molecular formula is C15H15FN2O2. The van der Waals surface area contributed by atoms with Gasteiger partial charge in [0.2, 0.25) is 0 Å². The molecule has 20 heavy (non-hydrogen) atoms. The zero-order valence-corrected chi connectivity index (χ0v) is 11.2. The fourth-order valence-electron chi connectivity index (χ4n) is 1.75. The van der Waals surface area contributed by atoms with Crippen molar-refractivity contribution in [3.05, 3.63) is 53.8 Å². The second kappa shape index (κ2) is 6.06. The van der Waals surface area contributed by atoms with Crippen LogP contribution in [0.2, 0.25) is 0 Å². The molecule has 0 bridgehead atoms. The number of urea groups is 1. The number of ether oxygens (including phenoxy) is 1. The van der Waals surface area contributed by atoms with E-state index in [-0.39, 0.29) is 0 Å². The SMILES string of the molecule is COc1ccc(NC(=O)Nc2cccc(F)c2)c(C)c1. The fourth-order valence-corrected chi connectivity index (χ4v) is 1.75. The van der Waals surface area contributed by atoms with E-state index >= 15 is 0 Å². The predicted octanol–water partition coefficient (Wildman–Crippen LogP) is 3.79. The van der Waals surface area contributed by atoms with E-state index in [0.717, 1.165) is 11.3 Å². The third-order valence-corrected chi connectivity index (χ3v) is 2.76. The van der Waals surface area contributed by atoms with Gasteiger partial charge in [0.25, 0.3) is 0 Å². The van der Waals surface area contributed by atoms with Gasteiger partial charge in [0.05, 0.1) is 7.11 Å². The molecule has 0 fully saturated rings. The van der Waals surface area contributed by atoms with Gasteiger partial charge in [0, 0.05) is 11.4 Å². The van der Waals surface area contributed by atoms with Gasteiger partial charge in [0.1, 0.15) is 11.6 Å². The van der Waals surface area contributed by atoms with E-state index in [1.165, 1.54) is 18.2 Å². The molecule has 0 heterocycles. The molecular weight excluding hydrogens is 259 g/mol. The first-order chi connectivity index (χ1) is 9.58. The van der Waals surface area contributed by atoms with Crippen LogP contribution >= 0.6 is 0 Å².